The van der Waals surface area contributed by atoms with Crippen LogP contribution in [0.1, 0.15) is 81.7 Å². The number of hydrogen-bond donors (Lipinski definition) is 2. The zero-order valence-corrected chi connectivity index (χ0v) is 21.7. The van der Waals surface area contributed by atoms with Gasteiger partial charge in [0.25, 0.3) is 5.91 Å². The lowest BCUT2D eigenvalue weighted by atomic mass is 9.77. The molecule has 2 aliphatic rings. The van der Waals surface area contributed by atoms with Crippen molar-refractivity contribution in [2.45, 2.75) is 76.9 Å². The van der Waals surface area contributed by atoms with E-state index < -0.39 is 5.60 Å². The Morgan fingerprint density at radius 2 is 1.97 bits per heavy atom. The smallest absolute Gasteiger partial charge is 0.252 e. The SMILES string of the molecule is CCC(O)(CC)C(=O)NC(C[C@H]1CCC2=C1[C@@H](C)c1cnn(-c3ccc(F)cc3)c1C2)c1cccnc1. The van der Waals surface area contributed by atoms with Crippen LogP contribution >= 0.6 is 0 Å². The van der Waals surface area contributed by atoms with Crippen LogP contribution in [-0.2, 0) is 11.2 Å². The van der Waals surface area contributed by atoms with Crippen LogP contribution in [0.3, 0.4) is 0 Å². The number of benzene rings is 1. The minimum Gasteiger partial charge on any atom is -0.380 e. The van der Waals surface area contributed by atoms with Gasteiger partial charge in [-0.15, -0.1) is 0 Å². The summed E-state index contributed by atoms with van der Waals surface area (Å²) < 4.78 is 15.4. The van der Waals surface area contributed by atoms with Crippen molar-refractivity contribution in [1.29, 1.82) is 0 Å². The van der Waals surface area contributed by atoms with E-state index in [0.717, 1.165) is 36.9 Å². The fourth-order valence-electron chi connectivity index (χ4n) is 6.14. The number of aliphatic hydroxyl groups is 1. The van der Waals surface area contributed by atoms with Crippen molar-refractivity contribution in [3.63, 3.8) is 0 Å². The van der Waals surface area contributed by atoms with Gasteiger partial charge < -0.3 is 10.4 Å². The lowest BCUT2D eigenvalue weighted by molar-refractivity contribution is -0.141. The normalized spacial score (nSPS) is 19.9. The Bertz CT molecular complexity index is 1290. The molecule has 0 saturated carbocycles. The molecule has 3 aromatic rings. The van der Waals surface area contributed by atoms with Crippen LogP contribution in [0.4, 0.5) is 4.39 Å². The molecule has 0 aliphatic heterocycles. The van der Waals surface area contributed by atoms with Gasteiger partial charge >= 0.3 is 0 Å². The van der Waals surface area contributed by atoms with Crippen LogP contribution in [0.2, 0.25) is 0 Å². The Balaban J connectivity index is 1.41. The Labute approximate surface area is 217 Å². The van der Waals surface area contributed by atoms with Gasteiger partial charge in [-0.1, -0.05) is 38.0 Å². The first-order chi connectivity index (χ1) is 17.8. The highest BCUT2D eigenvalue weighted by Gasteiger charge is 2.39. The van der Waals surface area contributed by atoms with Crippen LogP contribution in [0.5, 0.6) is 0 Å². The van der Waals surface area contributed by atoms with E-state index in [1.165, 1.54) is 34.5 Å². The monoisotopic (exact) mass is 502 g/mol. The maximum absolute atomic E-state index is 13.5. The Kier molecular flexibility index (Phi) is 6.99. The van der Waals surface area contributed by atoms with Crippen molar-refractivity contribution >= 4 is 5.91 Å². The van der Waals surface area contributed by atoms with Crippen molar-refractivity contribution in [3.05, 3.63) is 88.8 Å². The summed E-state index contributed by atoms with van der Waals surface area (Å²) in [5.41, 5.74) is 5.73. The molecule has 0 radical (unpaired) electrons. The molecule has 2 heterocycles. The first-order valence-electron chi connectivity index (χ1n) is 13.3. The fourth-order valence-corrected chi connectivity index (χ4v) is 6.14. The zero-order chi connectivity index (χ0) is 26.2. The second kappa shape index (κ2) is 10.2. The minimum absolute atomic E-state index is 0.217. The Morgan fingerprint density at radius 3 is 2.65 bits per heavy atom. The Hall–Kier alpha value is -3.32. The number of nitrogens with zero attached hydrogens (tertiary/aromatic N) is 3. The van der Waals surface area contributed by atoms with Crippen molar-refractivity contribution in [3.8, 4) is 5.69 Å². The average Bonchev–Trinajstić information content (AvgIpc) is 3.53. The fraction of sp³-hybridized carbons (Fsp3) is 0.433. The van der Waals surface area contributed by atoms with Crippen molar-refractivity contribution in [2.75, 3.05) is 0 Å². The maximum atomic E-state index is 13.5. The molecule has 2 aliphatic carbocycles. The van der Waals surface area contributed by atoms with E-state index in [1.807, 2.05) is 36.9 Å². The number of allylic oxidation sites excluding steroid dienone is 2. The largest absolute Gasteiger partial charge is 0.380 e. The first-order valence-corrected chi connectivity index (χ1v) is 13.3. The topological polar surface area (TPSA) is 80.0 Å². The molecule has 37 heavy (non-hydrogen) atoms. The molecule has 0 saturated heterocycles. The van der Waals surface area contributed by atoms with Crippen molar-refractivity contribution in [1.82, 2.24) is 20.1 Å². The third-order valence-electron chi connectivity index (χ3n) is 8.43. The molecule has 2 N–H and O–H groups in total. The quantitative estimate of drug-likeness (QED) is 0.395. The van der Waals surface area contributed by atoms with Crippen LogP contribution in [-0.4, -0.2) is 31.4 Å². The van der Waals surface area contributed by atoms with Gasteiger partial charge in [0.1, 0.15) is 11.4 Å². The van der Waals surface area contributed by atoms with E-state index in [0.29, 0.717) is 18.8 Å². The van der Waals surface area contributed by atoms with Crippen molar-refractivity contribution < 1.29 is 14.3 Å². The number of carbonyl (C=O) groups excluding carboxylic acids is 1. The van der Waals surface area contributed by atoms with Gasteiger partial charge in [-0.05, 0) is 73.9 Å². The summed E-state index contributed by atoms with van der Waals surface area (Å²) in [7, 11) is 0. The maximum Gasteiger partial charge on any atom is 0.252 e. The number of amides is 1. The van der Waals surface area contributed by atoms with E-state index >= 15 is 0 Å². The average molecular weight is 503 g/mol. The number of carbonyl (C=O) groups is 1. The number of hydrogen-bond acceptors (Lipinski definition) is 4. The summed E-state index contributed by atoms with van der Waals surface area (Å²) in [4.78, 5) is 17.4. The summed E-state index contributed by atoms with van der Waals surface area (Å²) in [6.45, 7) is 5.92. The molecule has 194 valence electrons. The van der Waals surface area contributed by atoms with Crippen molar-refractivity contribution in [2.24, 2.45) is 5.92 Å². The summed E-state index contributed by atoms with van der Waals surface area (Å²) in [5, 5.41) is 18.7. The van der Waals surface area contributed by atoms with Gasteiger partial charge in [-0.3, -0.25) is 9.78 Å². The molecule has 6 nitrogen and oxygen atoms in total. The zero-order valence-electron chi connectivity index (χ0n) is 21.7. The van der Waals surface area contributed by atoms with Crippen LogP contribution in [0, 0.1) is 11.7 Å². The summed E-state index contributed by atoms with van der Waals surface area (Å²) in [5.74, 6) is -0.0467. The summed E-state index contributed by atoms with van der Waals surface area (Å²) in [6.07, 6.45) is 9.85. The number of halogens is 1. The third-order valence-corrected chi connectivity index (χ3v) is 8.43. The minimum atomic E-state index is -1.37. The molecule has 1 aromatic carbocycles. The molecule has 0 bridgehead atoms. The molecule has 2 aromatic heterocycles. The molecule has 7 heteroatoms. The predicted octanol–water partition coefficient (Wildman–Crippen LogP) is 5.57. The van der Waals surface area contributed by atoms with Crippen LogP contribution in [0.15, 0.2) is 66.1 Å². The molecular formula is C30H35FN4O2. The molecular weight excluding hydrogens is 467 g/mol. The van der Waals surface area contributed by atoms with Gasteiger partial charge in [0, 0.05) is 30.3 Å². The second-order valence-corrected chi connectivity index (χ2v) is 10.4. The van der Waals surface area contributed by atoms with Gasteiger partial charge in [-0.2, -0.15) is 5.10 Å². The lowest BCUT2D eigenvalue weighted by Gasteiger charge is -2.31. The number of aromatic nitrogens is 3. The molecule has 1 amide bonds. The third kappa shape index (κ3) is 4.73. The van der Waals surface area contributed by atoms with Crippen LogP contribution < -0.4 is 5.32 Å². The van der Waals surface area contributed by atoms with Gasteiger partial charge in [-0.25, -0.2) is 9.07 Å². The molecule has 0 fully saturated rings. The van der Waals surface area contributed by atoms with E-state index in [9.17, 15) is 14.3 Å². The second-order valence-electron chi connectivity index (χ2n) is 10.4. The lowest BCUT2D eigenvalue weighted by Crippen LogP contribution is -2.47. The van der Waals surface area contributed by atoms with Gasteiger partial charge in [0.05, 0.1) is 23.6 Å². The van der Waals surface area contributed by atoms with E-state index in [4.69, 9.17) is 0 Å². The molecule has 3 atom stereocenters. The van der Waals surface area contributed by atoms with Gasteiger partial charge in [0.2, 0.25) is 0 Å². The van der Waals surface area contributed by atoms with E-state index in [-0.39, 0.29) is 23.7 Å². The van der Waals surface area contributed by atoms with Crippen LogP contribution in [0.25, 0.3) is 5.69 Å². The number of rotatable bonds is 8. The molecule has 5 rings (SSSR count). The summed E-state index contributed by atoms with van der Waals surface area (Å²) in [6, 6.07) is 10.1. The van der Waals surface area contributed by atoms with Gasteiger partial charge in [0.15, 0.2) is 0 Å². The number of nitrogens with one attached hydrogen (secondary N) is 1. The highest BCUT2D eigenvalue weighted by molar-refractivity contribution is 5.85. The summed E-state index contributed by atoms with van der Waals surface area (Å²) >= 11 is 0. The number of pyridine rings is 1. The molecule has 0 spiro atoms. The standard InChI is InChI=1S/C30H35FN4O2/c1-4-30(37,5-2)29(36)34-26(22-7-6-14-32-17-22)15-20-8-9-21-16-27-25(19(3)28(20)21)18-33-35(27)24-12-10-23(31)11-13-24/h6-7,10-14,17-20,26,37H,4-5,8-9,15-16H2,1-3H3,(H,34,36)/t19-,20+,26?/m0/s1. The van der Waals surface area contributed by atoms with E-state index in [1.54, 1.807) is 24.5 Å². The Morgan fingerprint density at radius 1 is 1.22 bits per heavy atom. The number of fused-ring (bicyclic) bond motifs is 1. The first kappa shape index (κ1) is 25.3. The van der Waals surface area contributed by atoms with E-state index in [2.05, 4.69) is 22.3 Å². The predicted molar refractivity (Wildman–Crippen MR) is 141 cm³/mol. The molecule has 1 unspecified atom stereocenters. The highest BCUT2D eigenvalue weighted by atomic mass is 19.1. The highest BCUT2D eigenvalue weighted by Crippen LogP contribution is 2.49.